The van der Waals surface area contributed by atoms with Gasteiger partial charge in [-0.3, -0.25) is 9.59 Å². The van der Waals surface area contributed by atoms with Gasteiger partial charge in [0.2, 0.25) is 5.91 Å². The normalized spacial score (nSPS) is 28.1. The number of carbonyl (C=O) groups excluding carboxylic acids is 1. The zero-order chi connectivity index (χ0) is 14.5. The van der Waals surface area contributed by atoms with Gasteiger partial charge in [-0.15, -0.1) is 0 Å². The van der Waals surface area contributed by atoms with Crippen molar-refractivity contribution in [2.45, 2.75) is 69.9 Å². The highest BCUT2D eigenvalue weighted by Gasteiger charge is 2.35. The molecule has 2 rings (SSSR count). The molecule has 0 spiro atoms. The molecule has 0 radical (unpaired) electrons. The van der Waals surface area contributed by atoms with Crippen LogP contribution in [0, 0.1) is 5.92 Å². The third kappa shape index (κ3) is 3.72. The molecule has 2 atom stereocenters. The summed E-state index contributed by atoms with van der Waals surface area (Å²) in [6, 6.07) is -0.00301. The molecule has 5 heteroatoms. The molecule has 0 aromatic carbocycles. The molecule has 2 saturated carbocycles. The van der Waals surface area contributed by atoms with Crippen LogP contribution in [0.25, 0.3) is 0 Å². The lowest BCUT2D eigenvalue weighted by molar-refractivity contribution is -0.148. The van der Waals surface area contributed by atoms with E-state index < -0.39 is 5.97 Å². The smallest absolute Gasteiger partial charge is 0.323 e. The molecule has 0 aromatic heterocycles. The first-order valence-electron chi connectivity index (χ1n) is 7.87. The summed E-state index contributed by atoms with van der Waals surface area (Å²) >= 11 is 0. The van der Waals surface area contributed by atoms with E-state index in [2.05, 4.69) is 0 Å². The zero-order valence-electron chi connectivity index (χ0n) is 12.1. The quantitative estimate of drug-likeness (QED) is 0.769. The van der Waals surface area contributed by atoms with E-state index >= 15 is 0 Å². The molecule has 114 valence electrons. The molecule has 1 amide bonds. The van der Waals surface area contributed by atoms with E-state index in [1.54, 1.807) is 4.90 Å². The largest absolute Gasteiger partial charge is 0.480 e. The van der Waals surface area contributed by atoms with Crippen molar-refractivity contribution in [1.29, 1.82) is 0 Å². The number of aliphatic carboxylic acids is 1. The van der Waals surface area contributed by atoms with Gasteiger partial charge in [-0.1, -0.05) is 32.1 Å². The Morgan fingerprint density at radius 2 is 1.60 bits per heavy atom. The van der Waals surface area contributed by atoms with Crippen LogP contribution in [0.5, 0.6) is 0 Å². The Labute approximate surface area is 120 Å². The Hall–Kier alpha value is -1.10. The van der Waals surface area contributed by atoms with Crippen LogP contribution < -0.4 is 5.73 Å². The van der Waals surface area contributed by atoms with Gasteiger partial charge < -0.3 is 15.7 Å². The van der Waals surface area contributed by atoms with Gasteiger partial charge in [-0.05, 0) is 25.7 Å². The first kappa shape index (κ1) is 15.3. The molecule has 20 heavy (non-hydrogen) atoms. The molecule has 0 saturated heterocycles. The molecule has 0 heterocycles. The standard InChI is InChI=1S/C15H26N2O3/c16-13-9-3-1-2-8-12(13)15(20)17(10-14(18)19)11-6-4-5-7-11/h11-13H,1-10,16H2,(H,18,19). The van der Waals surface area contributed by atoms with Gasteiger partial charge in [-0.2, -0.15) is 0 Å². The van der Waals surface area contributed by atoms with Crippen molar-refractivity contribution in [2.75, 3.05) is 6.54 Å². The van der Waals surface area contributed by atoms with E-state index in [-0.39, 0.29) is 30.5 Å². The van der Waals surface area contributed by atoms with Gasteiger partial charge in [0.05, 0.1) is 5.92 Å². The molecule has 0 bridgehead atoms. The Morgan fingerprint density at radius 1 is 1.00 bits per heavy atom. The van der Waals surface area contributed by atoms with Crippen molar-refractivity contribution in [3.8, 4) is 0 Å². The summed E-state index contributed by atoms with van der Waals surface area (Å²) in [7, 11) is 0. The highest BCUT2D eigenvalue weighted by Crippen LogP contribution is 2.29. The number of rotatable bonds is 4. The highest BCUT2D eigenvalue weighted by atomic mass is 16.4. The first-order valence-corrected chi connectivity index (χ1v) is 7.87. The monoisotopic (exact) mass is 282 g/mol. The number of carboxylic acid groups (broad SMARTS) is 1. The number of amides is 1. The SMILES string of the molecule is NC1CCCCCC1C(=O)N(CC(=O)O)C1CCCC1. The van der Waals surface area contributed by atoms with Crippen LogP contribution in [-0.4, -0.2) is 40.5 Å². The van der Waals surface area contributed by atoms with E-state index in [0.29, 0.717) is 0 Å². The molecule has 0 aromatic rings. The molecular weight excluding hydrogens is 256 g/mol. The van der Waals surface area contributed by atoms with Gasteiger partial charge in [0.1, 0.15) is 6.54 Å². The second kappa shape index (κ2) is 7.07. The fourth-order valence-corrected chi connectivity index (χ4v) is 3.60. The van der Waals surface area contributed by atoms with E-state index in [9.17, 15) is 9.59 Å². The van der Waals surface area contributed by atoms with Crippen molar-refractivity contribution in [3.63, 3.8) is 0 Å². The van der Waals surface area contributed by atoms with Gasteiger partial charge >= 0.3 is 5.97 Å². The van der Waals surface area contributed by atoms with E-state index in [4.69, 9.17) is 10.8 Å². The van der Waals surface area contributed by atoms with Gasteiger partial charge in [0.25, 0.3) is 0 Å². The summed E-state index contributed by atoms with van der Waals surface area (Å²) in [5.41, 5.74) is 6.15. The van der Waals surface area contributed by atoms with E-state index in [0.717, 1.165) is 57.8 Å². The highest BCUT2D eigenvalue weighted by molar-refractivity contribution is 5.84. The van der Waals surface area contributed by atoms with Gasteiger partial charge in [0, 0.05) is 12.1 Å². The summed E-state index contributed by atoms with van der Waals surface area (Å²) in [5.74, 6) is -1.13. The summed E-state index contributed by atoms with van der Waals surface area (Å²) < 4.78 is 0. The predicted molar refractivity (Wildman–Crippen MR) is 76.2 cm³/mol. The third-order valence-electron chi connectivity index (χ3n) is 4.74. The van der Waals surface area contributed by atoms with Crippen molar-refractivity contribution in [3.05, 3.63) is 0 Å². The number of hydrogen-bond donors (Lipinski definition) is 2. The second-order valence-corrected chi connectivity index (χ2v) is 6.21. The second-order valence-electron chi connectivity index (χ2n) is 6.21. The fourth-order valence-electron chi connectivity index (χ4n) is 3.60. The average molecular weight is 282 g/mol. The average Bonchev–Trinajstić information content (AvgIpc) is 2.84. The first-order chi connectivity index (χ1) is 9.59. The molecule has 2 aliphatic carbocycles. The lowest BCUT2D eigenvalue weighted by Crippen LogP contribution is -2.49. The predicted octanol–water partition coefficient (Wildman–Crippen LogP) is 1.75. The summed E-state index contributed by atoms with van der Waals surface area (Å²) in [5, 5.41) is 9.09. The van der Waals surface area contributed by atoms with E-state index in [1.165, 1.54) is 0 Å². The molecule has 0 aliphatic heterocycles. The van der Waals surface area contributed by atoms with Crippen LogP contribution in [0.15, 0.2) is 0 Å². The summed E-state index contributed by atoms with van der Waals surface area (Å²) in [6.45, 7) is -0.174. The molecule has 3 N–H and O–H groups in total. The van der Waals surface area contributed by atoms with Crippen molar-refractivity contribution in [2.24, 2.45) is 11.7 Å². The van der Waals surface area contributed by atoms with Crippen molar-refractivity contribution < 1.29 is 14.7 Å². The Bertz CT molecular complexity index is 353. The minimum absolute atomic E-state index is 0.0197. The number of carbonyl (C=O) groups is 2. The molecule has 2 fully saturated rings. The topological polar surface area (TPSA) is 83.6 Å². The Kier molecular flexibility index (Phi) is 5.40. The third-order valence-corrected chi connectivity index (χ3v) is 4.74. The summed E-state index contributed by atoms with van der Waals surface area (Å²) in [4.78, 5) is 25.4. The number of carboxylic acids is 1. The van der Waals surface area contributed by atoms with Crippen molar-refractivity contribution in [1.82, 2.24) is 4.90 Å². The van der Waals surface area contributed by atoms with Gasteiger partial charge in [-0.25, -0.2) is 0 Å². The Balaban J connectivity index is 2.09. The number of nitrogens with two attached hydrogens (primary N) is 1. The number of hydrogen-bond acceptors (Lipinski definition) is 3. The molecule has 2 unspecified atom stereocenters. The maximum atomic E-state index is 12.8. The zero-order valence-corrected chi connectivity index (χ0v) is 12.1. The van der Waals surface area contributed by atoms with Crippen LogP contribution in [0.1, 0.15) is 57.8 Å². The maximum absolute atomic E-state index is 12.8. The lowest BCUT2D eigenvalue weighted by Gasteiger charge is -2.32. The van der Waals surface area contributed by atoms with E-state index in [1.807, 2.05) is 0 Å². The minimum atomic E-state index is -0.924. The van der Waals surface area contributed by atoms with Crippen LogP contribution >= 0.6 is 0 Å². The Morgan fingerprint density at radius 3 is 2.25 bits per heavy atom. The van der Waals surface area contributed by atoms with Crippen LogP contribution in [0.4, 0.5) is 0 Å². The maximum Gasteiger partial charge on any atom is 0.323 e. The lowest BCUT2D eigenvalue weighted by atomic mass is 9.93. The number of nitrogens with zero attached hydrogens (tertiary/aromatic N) is 1. The van der Waals surface area contributed by atoms with Crippen molar-refractivity contribution >= 4 is 11.9 Å². The van der Waals surface area contributed by atoms with Crippen LogP contribution in [0.3, 0.4) is 0 Å². The van der Waals surface area contributed by atoms with Gasteiger partial charge in [0.15, 0.2) is 0 Å². The summed E-state index contributed by atoms with van der Waals surface area (Å²) in [6.07, 6.45) is 8.95. The minimum Gasteiger partial charge on any atom is -0.480 e. The fraction of sp³-hybridized carbons (Fsp3) is 0.867. The van der Waals surface area contributed by atoms with Crippen LogP contribution in [0.2, 0.25) is 0 Å². The molecule has 5 nitrogen and oxygen atoms in total. The van der Waals surface area contributed by atoms with Crippen LogP contribution in [-0.2, 0) is 9.59 Å². The molecule has 2 aliphatic rings. The molecular formula is C15H26N2O3.